The third-order valence-corrected chi connectivity index (χ3v) is 3.86. The Balaban J connectivity index is 0.00000361. The lowest BCUT2D eigenvalue weighted by Gasteiger charge is -2.22. The van der Waals surface area contributed by atoms with Crippen LogP contribution in [0.1, 0.15) is 32.3 Å². The third kappa shape index (κ3) is 5.49. The predicted molar refractivity (Wildman–Crippen MR) is 87.9 cm³/mol. The summed E-state index contributed by atoms with van der Waals surface area (Å²) in [6.45, 7) is 4.25. The van der Waals surface area contributed by atoms with Crippen molar-refractivity contribution >= 4 is 41.5 Å². The van der Waals surface area contributed by atoms with Crippen molar-refractivity contribution < 1.29 is 4.79 Å². The Morgan fingerprint density at radius 1 is 1.40 bits per heavy atom. The van der Waals surface area contributed by atoms with Crippen LogP contribution in [0, 0.1) is 0 Å². The van der Waals surface area contributed by atoms with E-state index in [1.54, 1.807) is 13.0 Å². The first-order chi connectivity index (χ1) is 8.88. The largest absolute Gasteiger partial charge is 0.354 e. The van der Waals surface area contributed by atoms with Crippen molar-refractivity contribution in [3.05, 3.63) is 33.8 Å². The summed E-state index contributed by atoms with van der Waals surface area (Å²) >= 11 is 12.0. The second kappa shape index (κ2) is 8.73. The van der Waals surface area contributed by atoms with Crippen molar-refractivity contribution in [3.63, 3.8) is 0 Å². The summed E-state index contributed by atoms with van der Waals surface area (Å²) in [5, 5.41) is 3.91. The predicted octanol–water partition coefficient (Wildman–Crippen LogP) is 3.59. The fourth-order valence-electron chi connectivity index (χ4n) is 1.89. The van der Waals surface area contributed by atoms with Crippen LogP contribution in [0.2, 0.25) is 10.0 Å². The van der Waals surface area contributed by atoms with Crippen molar-refractivity contribution in [1.82, 2.24) is 5.32 Å². The molecule has 1 rings (SSSR count). The molecule has 1 amide bonds. The number of nitrogens with one attached hydrogen (secondary N) is 1. The molecule has 0 spiro atoms. The number of carbonyl (C=O) groups is 1. The van der Waals surface area contributed by atoms with Crippen LogP contribution in [0.4, 0.5) is 0 Å². The minimum Gasteiger partial charge on any atom is -0.354 e. The normalized spacial score (nSPS) is 13.2. The van der Waals surface area contributed by atoms with Gasteiger partial charge in [0.15, 0.2) is 0 Å². The van der Waals surface area contributed by atoms with Gasteiger partial charge in [-0.1, -0.05) is 48.7 Å². The molecule has 20 heavy (non-hydrogen) atoms. The van der Waals surface area contributed by atoms with E-state index in [0.717, 1.165) is 12.0 Å². The van der Waals surface area contributed by atoms with Crippen LogP contribution in [0.5, 0.6) is 0 Å². The molecule has 6 heteroatoms. The number of carbonyl (C=O) groups excluding carboxylic acids is 1. The molecule has 1 atom stereocenters. The van der Waals surface area contributed by atoms with Gasteiger partial charge in [-0.3, -0.25) is 4.79 Å². The zero-order chi connectivity index (χ0) is 14.5. The second-order valence-electron chi connectivity index (χ2n) is 4.89. The van der Waals surface area contributed by atoms with E-state index in [9.17, 15) is 4.79 Å². The molecule has 0 saturated carbocycles. The van der Waals surface area contributed by atoms with Gasteiger partial charge in [0, 0.05) is 6.54 Å². The van der Waals surface area contributed by atoms with E-state index in [4.69, 9.17) is 28.9 Å². The molecule has 0 aliphatic heterocycles. The van der Waals surface area contributed by atoms with Gasteiger partial charge >= 0.3 is 0 Å². The molecule has 3 N–H and O–H groups in total. The first kappa shape index (κ1) is 19.5. The van der Waals surface area contributed by atoms with Gasteiger partial charge in [0.25, 0.3) is 0 Å². The van der Waals surface area contributed by atoms with Crippen molar-refractivity contribution in [2.45, 2.75) is 38.6 Å². The molecule has 0 fully saturated rings. The fourth-order valence-corrected chi connectivity index (χ4v) is 2.30. The first-order valence-electron chi connectivity index (χ1n) is 6.38. The summed E-state index contributed by atoms with van der Waals surface area (Å²) in [6, 6.07) is 5.48. The SMILES string of the molecule is CCCC(C)(N)C(=O)NCCc1cccc(Cl)c1Cl.Cl. The average molecular weight is 340 g/mol. The van der Waals surface area contributed by atoms with Gasteiger partial charge < -0.3 is 11.1 Å². The van der Waals surface area contributed by atoms with Gasteiger partial charge in [0.2, 0.25) is 5.91 Å². The van der Waals surface area contributed by atoms with E-state index < -0.39 is 5.54 Å². The summed E-state index contributed by atoms with van der Waals surface area (Å²) < 4.78 is 0. The zero-order valence-electron chi connectivity index (χ0n) is 11.7. The minimum atomic E-state index is -0.813. The van der Waals surface area contributed by atoms with Gasteiger partial charge in [0.1, 0.15) is 0 Å². The molecule has 114 valence electrons. The summed E-state index contributed by atoms with van der Waals surface area (Å²) in [6.07, 6.45) is 2.17. The number of halogens is 3. The molecular formula is C14H21Cl3N2O. The van der Waals surface area contributed by atoms with Crippen LogP contribution in [0.25, 0.3) is 0 Å². The van der Waals surface area contributed by atoms with Crippen molar-refractivity contribution in [2.75, 3.05) is 6.54 Å². The zero-order valence-corrected chi connectivity index (χ0v) is 14.0. The van der Waals surface area contributed by atoms with Crippen LogP contribution in [0.15, 0.2) is 18.2 Å². The Morgan fingerprint density at radius 3 is 2.65 bits per heavy atom. The van der Waals surface area contributed by atoms with E-state index in [1.807, 2.05) is 19.1 Å². The highest BCUT2D eigenvalue weighted by atomic mass is 35.5. The van der Waals surface area contributed by atoms with Crippen molar-refractivity contribution in [1.29, 1.82) is 0 Å². The number of hydrogen-bond acceptors (Lipinski definition) is 2. The number of nitrogens with two attached hydrogens (primary N) is 1. The van der Waals surface area contributed by atoms with Crippen LogP contribution in [0.3, 0.4) is 0 Å². The van der Waals surface area contributed by atoms with Gasteiger partial charge in [0.05, 0.1) is 15.6 Å². The topological polar surface area (TPSA) is 55.1 Å². The lowest BCUT2D eigenvalue weighted by molar-refractivity contribution is -0.126. The number of rotatable bonds is 6. The summed E-state index contributed by atoms with van der Waals surface area (Å²) in [7, 11) is 0. The molecule has 0 heterocycles. The highest BCUT2D eigenvalue weighted by molar-refractivity contribution is 6.42. The number of hydrogen-bond donors (Lipinski definition) is 2. The molecule has 0 bridgehead atoms. The molecule has 0 aliphatic carbocycles. The van der Waals surface area contributed by atoms with Gasteiger partial charge in [-0.25, -0.2) is 0 Å². The Bertz CT molecular complexity index is 450. The van der Waals surface area contributed by atoms with Crippen LogP contribution in [-0.4, -0.2) is 18.0 Å². The number of amides is 1. The quantitative estimate of drug-likeness (QED) is 0.832. The highest BCUT2D eigenvalue weighted by Gasteiger charge is 2.26. The lowest BCUT2D eigenvalue weighted by atomic mass is 9.96. The first-order valence-corrected chi connectivity index (χ1v) is 7.14. The van der Waals surface area contributed by atoms with Crippen molar-refractivity contribution in [3.8, 4) is 0 Å². The lowest BCUT2D eigenvalue weighted by Crippen LogP contribution is -2.51. The maximum atomic E-state index is 11.9. The van der Waals surface area contributed by atoms with Crippen LogP contribution >= 0.6 is 35.6 Å². The Hall–Kier alpha value is -0.480. The van der Waals surface area contributed by atoms with Crippen LogP contribution < -0.4 is 11.1 Å². The molecule has 1 aromatic carbocycles. The summed E-state index contributed by atoms with van der Waals surface area (Å²) in [5.74, 6) is -0.132. The number of benzene rings is 1. The molecular weight excluding hydrogens is 319 g/mol. The molecule has 1 aromatic rings. The van der Waals surface area contributed by atoms with E-state index in [1.165, 1.54) is 0 Å². The Labute approximate surface area is 136 Å². The summed E-state index contributed by atoms with van der Waals surface area (Å²) in [4.78, 5) is 11.9. The molecule has 0 radical (unpaired) electrons. The molecule has 1 unspecified atom stereocenters. The van der Waals surface area contributed by atoms with E-state index >= 15 is 0 Å². The van der Waals surface area contributed by atoms with E-state index in [-0.39, 0.29) is 18.3 Å². The molecule has 3 nitrogen and oxygen atoms in total. The summed E-state index contributed by atoms with van der Waals surface area (Å²) in [5.41, 5.74) is 6.05. The second-order valence-corrected chi connectivity index (χ2v) is 5.67. The standard InChI is InChI=1S/C14H20Cl2N2O.ClH/c1-3-8-14(2,17)13(19)18-9-7-10-5-4-6-11(15)12(10)16;/h4-6H,3,7-9,17H2,1-2H3,(H,18,19);1H. The van der Waals surface area contributed by atoms with Crippen LogP contribution in [-0.2, 0) is 11.2 Å². The maximum absolute atomic E-state index is 11.9. The molecule has 0 aliphatic rings. The minimum absolute atomic E-state index is 0. The smallest absolute Gasteiger partial charge is 0.239 e. The fraction of sp³-hybridized carbons (Fsp3) is 0.500. The Morgan fingerprint density at radius 2 is 2.05 bits per heavy atom. The van der Waals surface area contributed by atoms with E-state index in [0.29, 0.717) is 29.4 Å². The van der Waals surface area contributed by atoms with Crippen molar-refractivity contribution in [2.24, 2.45) is 5.73 Å². The monoisotopic (exact) mass is 338 g/mol. The molecule has 0 aromatic heterocycles. The Kier molecular flexibility index (Phi) is 8.52. The van der Waals surface area contributed by atoms with Gasteiger partial charge in [-0.05, 0) is 31.4 Å². The van der Waals surface area contributed by atoms with Gasteiger partial charge in [-0.15, -0.1) is 12.4 Å². The van der Waals surface area contributed by atoms with E-state index in [2.05, 4.69) is 5.32 Å². The maximum Gasteiger partial charge on any atom is 0.239 e. The average Bonchev–Trinajstić information content (AvgIpc) is 2.34. The third-order valence-electron chi connectivity index (χ3n) is 3.00. The highest BCUT2D eigenvalue weighted by Crippen LogP contribution is 2.25. The van der Waals surface area contributed by atoms with Gasteiger partial charge in [-0.2, -0.15) is 0 Å². The molecule has 0 saturated heterocycles.